The molecule has 0 bridgehead atoms. The van der Waals surface area contributed by atoms with Crippen LogP contribution in [0.25, 0.3) is 0 Å². The molecular weight excluding hydrogens is 280 g/mol. The lowest BCUT2D eigenvalue weighted by atomic mass is 10.3. The molecule has 6 nitrogen and oxygen atoms in total. The molecule has 1 atom stereocenters. The van der Waals surface area contributed by atoms with Gasteiger partial charge in [0.1, 0.15) is 6.04 Å². The van der Waals surface area contributed by atoms with Gasteiger partial charge in [-0.2, -0.15) is 11.8 Å². The van der Waals surface area contributed by atoms with Crippen LogP contribution in [0.3, 0.4) is 0 Å². The molecule has 1 saturated carbocycles. The van der Waals surface area contributed by atoms with E-state index < -0.39 is 12.0 Å². The van der Waals surface area contributed by atoms with Crippen LogP contribution in [0.1, 0.15) is 12.8 Å². The number of carboxylic acids is 1. The molecule has 0 spiro atoms. The van der Waals surface area contributed by atoms with Crippen LogP contribution in [0.4, 0.5) is 4.79 Å². The molecule has 2 fully saturated rings. The topological polar surface area (TPSA) is 70.1 Å². The number of hydrogen-bond acceptors (Lipinski definition) is 4. The number of ether oxygens (including phenoxy) is 1. The van der Waals surface area contributed by atoms with Crippen LogP contribution in [0.2, 0.25) is 0 Å². The summed E-state index contributed by atoms with van der Waals surface area (Å²) >= 11 is 1.58. The average Bonchev–Trinajstić information content (AvgIpc) is 3.26. The molecule has 0 aromatic heterocycles. The van der Waals surface area contributed by atoms with Gasteiger partial charge in [0.15, 0.2) is 0 Å². The van der Waals surface area contributed by atoms with Crippen molar-refractivity contribution in [2.45, 2.75) is 18.9 Å². The van der Waals surface area contributed by atoms with Crippen LogP contribution in [0, 0.1) is 5.92 Å². The van der Waals surface area contributed by atoms with E-state index in [-0.39, 0.29) is 6.03 Å². The van der Waals surface area contributed by atoms with Gasteiger partial charge >= 0.3 is 12.0 Å². The summed E-state index contributed by atoms with van der Waals surface area (Å²) in [6.07, 6.45) is 2.50. The first kappa shape index (κ1) is 15.4. The molecule has 7 heteroatoms. The fourth-order valence-corrected chi connectivity index (χ4v) is 3.13. The van der Waals surface area contributed by atoms with Gasteiger partial charge in [-0.15, -0.1) is 0 Å². The number of nitrogens with zero attached hydrogens (tertiary/aromatic N) is 2. The smallest absolute Gasteiger partial charge is 0.327 e. The number of carboxylic acid groups (broad SMARTS) is 1. The lowest BCUT2D eigenvalue weighted by molar-refractivity contribution is -0.141. The van der Waals surface area contributed by atoms with E-state index in [1.807, 2.05) is 0 Å². The Kier molecular flexibility index (Phi) is 5.54. The van der Waals surface area contributed by atoms with Gasteiger partial charge in [0.2, 0.25) is 0 Å². The predicted molar refractivity (Wildman–Crippen MR) is 77.0 cm³/mol. The summed E-state index contributed by atoms with van der Waals surface area (Å²) < 4.78 is 5.51. The number of amides is 2. The highest BCUT2D eigenvalue weighted by Gasteiger charge is 2.33. The van der Waals surface area contributed by atoms with Gasteiger partial charge in [-0.3, -0.25) is 0 Å². The van der Waals surface area contributed by atoms with Crippen molar-refractivity contribution in [3.05, 3.63) is 0 Å². The average molecular weight is 302 g/mol. The van der Waals surface area contributed by atoms with E-state index in [9.17, 15) is 14.7 Å². The van der Waals surface area contributed by atoms with Gasteiger partial charge in [-0.05, 0) is 18.8 Å². The Labute approximate surface area is 123 Å². The van der Waals surface area contributed by atoms with E-state index in [0.717, 1.165) is 12.4 Å². The van der Waals surface area contributed by atoms with Gasteiger partial charge in [-0.25, -0.2) is 9.59 Å². The molecule has 1 aliphatic heterocycles. The molecular formula is C13H22N2O4S. The summed E-state index contributed by atoms with van der Waals surface area (Å²) in [6, 6.07) is -0.927. The molecule has 20 heavy (non-hydrogen) atoms. The SMILES string of the molecule is CN(CCOCC1CC1)C(=O)N1CCSCC1C(=O)O. The molecule has 1 heterocycles. The van der Waals surface area contributed by atoms with Gasteiger partial charge in [0, 0.05) is 38.2 Å². The van der Waals surface area contributed by atoms with E-state index in [2.05, 4.69) is 0 Å². The van der Waals surface area contributed by atoms with Crippen molar-refractivity contribution in [1.82, 2.24) is 9.80 Å². The van der Waals surface area contributed by atoms with Crippen molar-refractivity contribution in [1.29, 1.82) is 0 Å². The molecule has 1 aliphatic carbocycles. The van der Waals surface area contributed by atoms with Crippen molar-refractivity contribution < 1.29 is 19.4 Å². The maximum atomic E-state index is 12.3. The Balaban J connectivity index is 1.76. The van der Waals surface area contributed by atoms with Crippen molar-refractivity contribution in [2.75, 3.05) is 44.9 Å². The zero-order valence-corrected chi connectivity index (χ0v) is 12.6. The van der Waals surface area contributed by atoms with E-state index in [0.29, 0.717) is 31.4 Å². The summed E-state index contributed by atoms with van der Waals surface area (Å²) in [6.45, 7) is 2.29. The highest BCUT2D eigenvalue weighted by Crippen LogP contribution is 2.28. The standard InChI is InChI=1S/C13H22N2O4S/c1-14(4-6-19-8-10-2-3-10)13(18)15-5-7-20-9-11(15)12(16)17/h10-11H,2-9H2,1H3,(H,16,17). The number of carbonyl (C=O) groups is 2. The number of aliphatic carboxylic acids is 1. The summed E-state index contributed by atoms with van der Waals surface area (Å²) in [5, 5.41) is 9.17. The molecule has 1 saturated heterocycles. The second kappa shape index (κ2) is 7.17. The van der Waals surface area contributed by atoms with Crippen LogP contribution in [0.15, 0.2) is 0 Å². The number of carbonyl (C=O) groups excluding carboxylic acids is 1. The predicted octanol–water partition coefficient (Wildman–Crippen LogP) is 0.967. The number of urea groups is 1. The number of hydrogen-bond donors (Lipinski definition) is 1. The van der Waals surface area contributed by atoms with Crippen LogP contribution in [0.5, 0.6) is 0 Å². The third-order valence-corrected chi connectivity index (χ3v) is 4.63. The van der Waals surface area contributed by atoms with E-state index >= 15 is 0 Å². The first-order valence-corrected chi connectivity index (χ1v) is 8.15. The van der Waals surface area contributed by atoms with Gasteiger partial charge in [0.25, 0.3) is 0 Å². The first-order valence-electron chi connectivity index (χ1n) is 6.99. The van der Waals surface area contributed by atoms with Crippen LogP contribution < -0.4 is 0 Å². The quantitative estimate of drug-likeness (QED) is 0.740. The molecule has 2 rings (SSSR count). The maximum Gasteiger partial charge on any atom is 0.327 e. The molecule has 0 aromatic rings. The van der Waals surface area contributed by atoms with Crippen molar-refractivity contribution >= 4 is 23.8 Å². The molecule has 2 amide bonds. The van der Waals surface area contributed by atoms with E-state index in [1.54, 1.807) is 23.7 Å². The largest absolute Gasteiger partial charge is 0.480 e. The first-order chi connectivity index (χ1) is 9.59. The zero-order chi connectivity index (χ0) is 14.5. The minimum absolute atomic E-state index is 0.215. The summed E-state index contributed by atoms with van der Waals surface area (Å²) in [5.74, 6) is 1.05. The van der Waals surface area contributed by atoms with Gasteiger partial charge < -0.3 is 19.6 Å². The minimum Gasteiger partial charge on any atom is -0.480 e. The Morgan fingerprint density at radius 1 is 1.45 bits per heavy atom. The molecule has 0 radical (unpaired) electrons. The molecule has 1 N–H and O–H groups in total. The number of likely N-dealkylation sites (N-methyl/N-ethyl adjacent to an activating group) is 1. The molecule has 114 valence electrons. The number of rotatable bonds is 6. The van der Waals surface area contributed by atoms with Gasteiger partial charge in [0.05, 0.1) is 6.61 Å². The third kappa shape index (κ3) is 4.28. The number of thioether (sulfide) groups is 1. The minimum atomic E-state index is -0.927. The summed E-state index contributed by atoms with van der Waals surface area (Å²) in [4.78, 5) is 26.5. The lowest BCUT2D eigenvalue weighted by Crippen LogP contribution is -2.54. The second-order valence-electron chi connectivity index (χ2n) is 5.34. The maximum absolute atomic E-state index is 12.3. The fourth-order valence-electron chi connectivity index (χ4n) is 2.09. The fraction of sp³-hybridized carbons (Fsp3) is 0.846. The second-order valence-corrected chi connectivity index (χ2v) is 6.49. The third-order valence-electron chi connectivity index (χ3n) is 3.61. The Morgan fingerprint density at radius 3 is 2.85 bits per heavy atom. The van der Waals surface area contributed by atoms with E-state index in [1.165, 1.54) is 17.7 Å². The Bertz CT molecular complexity index is 362. The highest BCUT2D eigenvalue weighted by atomic mass is 32.2. The Hall–Kier alpha value is -0.950. The lowest BCUT2D eigenvalue weighted by Gasteiger charge is -2.35. The monoisotopic (exact) mass is 302 g/mol. The normalized spacial score (nSPS) is 22.6. The van der Waals surface area contributed by atoms with Crippen molar-refractivity contribution in [3.8, 4) is 0 Å². The Morgan fingerprint density at radius 2 is 2.20 bits per heavy atom. The van der Waals surface area contributed by atoms with Gasteiger partial charge in [-0.1, -0.05) is 0 Å². The van der Waals surface area contributed by atoms with Crippen LogP contribution >= 0.6 is 11.8 Å². The van der Waals surface area contributed by atoms with E-state index in [4.69, 9.17) is 4.74 Å². The van der Waals surface area contributed by atoms with Crippen molar-refractivity contribution in [2.24, 2.45) is 5.92 Å². The zero-order valence-electron chi connectivity index (χ0n) is 11.8. The van der Waals surface area contributed by atoms with Crippen molar-refractivity contribution in [3.63, 3.8) is 0 Å². The summed E-state index contributed by atoms with van der Waals surface area (Å²) in [5.41, 5.74) is 0. The van der Waals surface area contributed by atoms with Crippen LogP contribution in [-0.4, -0.2) is 77.8 Å². The van der Waals surface area contributed by atoms with Crippen LogP contribution in [-0.2, 0) is 9.53 Å². The molecule has 0 aromatic carbocycles. The highest BCUT2D eigenvalue weighted by molar-refractivity contribution is 7.99. The molecule has 2 aliphatic rings. The summed E-state index contributed by atoms with van der Waals surface area (Å²) in [7, 11) is 1.70. The molecule has 1 unspecified atom stereocenters.